The van der Waals surface area contributed by atoms with E-state index in [0.29, 0.717) is 0 Å². The van der Waals surface area contributed by atoms with Crippen molar-refractivity contribution >= 4 is 0 Å². The fraction of sp³-hybridized carbons (Fsp3) is 0.750. The average Bonchev–Trinajstić information content (AvgIpc) is 3.05. The fourth-order valence-electron chi connectivity index (χ4n) is 9.27. The van der Waals surface area contributed by atoms with Crippen molar-refractivity contribution < 1.29 is 5.11 Å². The highest BCUT2D eigenvalue weighted by atomic mass is 16.3. The van der Waals surface area contributed by atoms with Crippen LogP contribution in [0.25, 0.3) is 0 Å². The van der Waals surface area contributed by atoms with E-state index in [0.717, 1.165) is 98.0 Å². The highest BCUT2D eigenvalue weighted by Crippen LogP contribution is 2.45. The van der Waals surface area contributed by atoms with Crippen molar-refractivity contribution in [2.75, 3.05) is 0 Å². The summed E-state index contributed by atoms with van der Waals surface area (Å²) in [5.74, 6) is 18.1. The van der Waals surface area contributed by atoms with Crippen LogP contribution in [-0.2, 0) is 0 Å². The molecule has 3 nitrogen and oxygen atoms in total. The molecule has 4 aliphatic rings. The van der Waals surface area contributed by atoms with Crippen molar-refractivity contribution in [2.24, 2.45) is 40.7 Å². The summed E-state index contributed by atoms with van der Waals surface area (Å²) in [5, 5.41) is 14.8. The highest BCUT2D eigenvalue weighted by molar-refractivity contribution is 5.44. The maximum absolute atomic E-state index is 12.0. The van der Waals surface area contributed by atoms with Crippen LogP contribution in [0.5, 0.6) is 0 Å². The van der Waals surface area contributed by atoms with Gasteiger partial charge in [-0.15, -0.1) is 4.91 Å². The predicted octanol–water partition coefficient (Wildman–Crippen LogP) is 10.2. The van der Waals surface area contributed by atoms with Gasteiger partial charge in [-0.05, 0) is 137 Å². The van der Waals surface area contributed by atoms with E-state index in [9.17, 15) is 10.0 Å². The molecule has 4 aliphatic carbocycles. The van der Waals surface area contributed by atoms with Crippen molar-refractivity contribution in [3.63, 3.8) is 0 Å². The lowest BCUT2D eigenvalue weighted by Gasteiger charge is -2.39. The van der Waals surface area contributed by atoms with Gasteiger partial charge in [-0.3, -0.25) is 0 Å². The molecule has 0 aromatic heterocycles. The summed E-state index contributed by atoms with van der Waals surface area (Å²) in [5.41, 5.74) is 0.223. The van der Waals surface area contributed by atoms with Gasteiger partial charge >= 0.3 is 0 Å². The summed E-state index contributed by atoms with van der Waals surface area (Å²) in [6.07, 6.45) is 24.1. The van der Waals surface area contributed by atoms with Crippen LogP contribution in [0.2, 0.25) is 0 Å². The Hall–Kier alpha value is -2.10. The van der Waals surface area contributed by atoms with Crippen LogP contribution in [0.3, 0.4) is 0 Å². The van der Waals surface area contributed by atoms with Gasteiger partial charge in [-0.2, -0.15) is 0 Å². The van der Waals surface area contributed by atoms with Gasteiger partial charge in [0.25, 0.3) is 0 Å². The molecule has 234 valence electrons. The van der Waals surface area contributed by atoms with Gasteiger partial charge < -0.3 is 5.11 Å². The Kier molecular flexibility index (Phi) is 11.5. The highest BCUT2D eigenvalue weighted by Gasteiger charge is 2.39. The van der Waals surface area contributed by atoms with Crippen LogP contribution < -0.4 is 0 Å². The molecule has 1 aromatic rings. The Morgan fingerprint density at radius 2 is 1.02 bits per heavy atom. The van der Waals surface area contributed by atoms with E-state index in [-0.39, 0.29) is 0 Å². The molecular formula is C40H57NO2. The van der Waals surface area contributed by atoms with E-state index in [1.807, 2.05) is 24.3 Å². The van der Waals surface area contributed by atoms with Crippen molar-refractivity contribution in [1.29, 1.82) is 0 Å². The first-order chi connectivity index (χ1) is 20.9. The molecule has 43 heavy (non-hydrogen) atoms. The number of rotatable bonds is 7. The lowest BCUT2D eigenvalue weighted by Crippen LogP contribution is -2.35. The van der Waals surface area contributed by atoms with Crippen LogP contribution >= 0.6 is 0 Å². The molecule has 5 rings (SSSR count). The van der Waals surface area contributed by atoms with E-state index in [2.05, 4.69) is 42.7 Å². The van der Waals surface area contributed by atoms with Crippen molar-refractivity contribution in [1.82, 2.24) is 0 Å². The van der Waals surface area contributed by atoms with Crippen LogP contribution in [0.4, 0.5) is 0 Å². The first kappa shape index (κ1) is 32.3. The molecule has 3 heteroatoms. The molecule has 0 heterocycles. The van der Waals surface area contributed by atoms with Crippen molar-refractivity contribution in [3.8, 4) is 23.7 Å². The molecule has 0 radical (unpaired) electrons. The van der Waals surface area contributed by atoms with Gasteiger partial charge in [-0.25, -0.2) is 0 Å². The van der Waals surface area contributed by atoms with Crippen LogP contribution in [-0.4, -0.2) is 16.2 Å². The summed E-state index contributed by atoms with van der Waals surface area (Å²) < 4.78 is 0. The molecule has 4 saturated carbocycles. The summed E-state index contributed by atoms with van der Waals surface area (Å²) in [7, 11) is 0. The number of hydrogen-bond acceptors (Lipinski definition) is 3. The quantitative estimate of drug-likeness (QED) is 0.256. The molecule has 0 spiro atoms. The Morgan fingerprint density at radius 3 is 1.44 bits per heavy atom. The zero-order chi connectivity index (χ0) is 30.1. The third kappa shape index (κ3) is 8.76. The van der Waals surface area contributed by atoms with E-state index in [1.165, 1.54) is 77.0 Å². The van der Waals surface area contributed by atoms with Gasteiger partial charge in [0.05, 0.1) is 0 Å². The maximum Gasteiger partial charge on any atom is 0.163 e. The molecule has 1 aromatic carbocycles. The molecule has 0 amide bonds. The molecule has 0 atom stereocenters. The van der Waals surface area contributed by atoms with Crippen LogP contribution in [0.15, 0.2) is 29.4 Å². The predicted molar refractivity (Wildman–Crippen MR) is 178 cm³/mol. The Morgan fingerprint density at radius 1 is 0.628 bits per heavy atom. The summed E-state index contributed by atoms with van der Waals surface area (Å²) in [6, 6.07) is 7.97. The first-order valence-electron chi connectivity index (χ1n) is 18.2. The minimum absolute atomic E-state index is 0.731. The Balaban J connectivity index is 1.09. The van der Waals surface area contributed by atoms with Crippen molar-refractivity contribution in [3.05, 3.63) is 40.3 Å². The summed E-state index contributed by atoms with van der Waals surface area (Å²) in [6.45, 7) is 4.61. The first-order valence-corrected chi connectivity index (χ1v) is 18.2. The van der Waals surface area contributed by atoms with E-state index >= 15 is 0 Å². The van der Waals surface area contributed by atoms with Gasteiger partial charge in [0.2, 0.25) is 0 Å². The van der Waals surface area contributed by atoms with E-state index in [4.69, 9.17) is 0 Å². The second-order valence-electron chi connectivity index (χ2n) is 15.0. The third-order valence-electron chi connectivity index (χ3n) is 12.2. The fourth-order valence-corrected chi connectivity index (χ4v) is 9.27. The summed E-state index contributed by atoms with van der Waals surface area (Å²) in [4.78, 5) is 12.0. The summed E-state index contributed by atoms with van der Waals surface area (Å²) >= 11 is 0. The number of benzene rings is 1. The Bertz CT molecular complexity index is 1130. The molecule has 0 unspecified atom stereocenters. The lowest BCUT2D eigenvalue weighted by molar-refractivity contribution is 0.0256. The second-order valence-corrected chi connectivity index (χ2v) is 15.0. The van der Waals surface area contributed by atoms with E-state index < -0.39 is 11.1 Å². The topological polar surface area (TPSA) is 49.7 Å². The number of aliphatic hydroxyl groups is 1. The number of hydrogen-bond donors (Lipinski definition) is 1. The zero-order valence-corrected chi connectivity index (χ0v) is 27.2. The number of nitroso groups, excluding NO2 is 1. The molecular weight excluding hydrogens is 526 g/mol. The number of nitrogens with zero attached hydrogens (tertiary/aromatic N) is 1. The average molecular weight is 584 g/mol. The van der Waals surface area contributed by atoms with Gasteiger partial charge in [-0.1, -0.05) is 94.1 Å². The minimum atomic E-state index is -0.857. The normalized spacial score (nSPS) is 36.4. The Labute approximate surface area is 262 Å². The lowest BCUT2D eigenvalue weighted by atomic mass is 9.67. The SMILES string of the molecule is CCCC1CCC(C2CCC(O)(C#Cc3ccc(C#CC4(N=O)CCC(C5CCC(CCC)CC5)CC4)cc3)CC2)CC1. The molecule has 4 fully saturated rings. The largest absolute Gasteiger partial charge is 0.378 e. The second kappa shape index (κ2) is 15.3. The van der Waals surface area contributed by atoms with Crippen LogP contribution in [0, 0.1) is 64.1 Å². The standard InChI is InChI=1S/C40H57NO2/c1-3-5-31-11-15-35(16-12-31)37-21-26-39(41-43,27-22-37)25-19-33-7-9-34(10-8-33)20-28-40(42)29-23-38(24-30-40)36-17-13-32(6-4-2)14-18-36/h7-10,31-32,35-38,42H,3-6,11-18,21-24,26-27,29-30H2,1-2H3. The zero-order valence-electron chi connectivity index (χ0n) is 27.2. The molecule has 0 bridgehead atoms. The van der Waals surface area contributed by atoms with E-state index in [1.54, 1.807) is 0 Å². The van der Waals surface area contributed by atoms with Gasteiger partial charge in [0.15, 0.2) is 5.54 Å². The van der Waals surface area contributed by atoms with Crippen molar-refractivity contribution in [2.45, 2.75) is 153 Å². The molecule has 0 aliphatic heterocycles. The molecule has 1 N–H and O–H groups in total. The third-order valence-corrected chi connectivity index (χ3v) is 12.2. The maximum atomic E-state index is 12.0. The van der Waals surface area contributed by atoms with Gasteiger partial charge in [0, 0.05) is 11.1 Å². The smallest absolute Gasteiger partial charge is 0.163 e. The monoisotopic (exact) mass is 583 g/mol. The van der Waals surface area contributed by atoms with Gasteiger partial charge in [0.1, 0.15) is 5.60 Å². The minimum Gasteiger partial charge on any atom is -0.378 e. The van der Waals surface area contributed by atoms with Crippen LogP contribution in [0.1, 0.15) is 153 Å². The molecule has 0 saturated heterocycles.